The topological polar surface area (TPSA) is 263 Å². The van der Waals surface area contributed by atoms with Crippen LogP contribution in [0.3, 0.4) is 0 Å². The van der Waals surface area contributed by atoms with Crippen molar-refractivity contribution in [2.24, 2.45) is 23.7 Å². The summed E-state index contributed by atoms with van der Waals surface area (Å²) in [6.07, 6.45) is 19.7. The summed E-state index contributed by atoms with van der Waals surface area (Å²) in [6, 6.07) is 0. The Bertz CT molecular complexity index is 927. The summed E-state index contributed by atoms with van der Waals surface area (Å²) < 4.78 is 0. The predicted octanol–water partition coefficient (Wildman–Crippen LogP) is 10.4. The summed E-state index contributed by atoms with van der Waals surface area (Å²) in [5, 5.41) is 114. The molecular formula is C58H132O13Y4-4. The van der Waals surface area contributed by atoms with Crippen molar-refractivity contribution in [1.29, 1.82) is 0 Å². The van der Waals surface area contributed by atoms with Crippen LogP contribution in [-0.4, -0.2) is 146 Å². The molecule has 75 heavy (non-hydrogen) atoms. The minimum absolute atomic E-state index is 0. The molecule has 0 amide bonds. The van der Waals surface area contributed by atoms with Gasteiger partial charge in [0, 0.05) is 131 Å². The zero-order valence-corrected chi connectivity index (χ0v) is 57.9. The largest absolute Gasteiger partial charge is 0.425 e. The molecule has 458 valence electrons. The van der Waals surface area contributed by atoms with Crippen molar-refractivity contribution in [1.82, 2.24) is 0 Å². The van der Waals surface area contributed by atoms with Crippen molar-refractivity contribution in [2.45, 2.75) is 301 Å². The molecule has 0 aliphatic heterocycles. The van der Waals surface area contributed by atoms with E-state index in [4.69, 9.17) is 46.0 Å². The molecule has 0 saturated heterocycles. The molecule has 4 fully saturated rings. The number of aliphatic hydroxyl groups is 13. The van der Waals surface area contributed by atoms with Crippen molar-refractivity contribution in [2.75, 3.05) is 26.4 Å². The first-order chi connectivity index (χ1) is 30.6. The average molecular weight is 1390 g/mol. The molecular weight excluding hydrogens is 1260 g/mol. The van der Waals surface area contributed by atoms with Crippen LogP contribution in [0.15, 0.2) is 0 Å². The third-order valence-corrected chi connectivity index (χ3v) is 13.5. The van der Waals surface area contributed by atoms with Crippen LogP contribution >= 0.6 is 0 Å². The van der Waals surface area contributed by atoms with E-state index in [0.717, 1.165) is 103 Å². The predicted molar refractivity (Wildman–Crippen MR) is 306 cm³/mol. The standard InChI is InChI=1S/2C8H16O2.2C8H15O.C5H12O.2C4H10O2.2C4H9O.5CH4.4Y/c2*1-7-4-2-3-5-8(7,10)6-9;2*1-7-5-3-4-6-8(7,2)9;1-3-5(6)4-2;2*1-2-4(6)3-5;2*1-3-4(2)5;;;;;;;;;/h2*7,9-10H,2-6H2,1H3;2*7,9H,2-6H2,1H3;5-6H,3-4H2,1-2H3;2*4-6H,2-3H2,1H3;2*4-5H,2-3H2,1H3;5*1H4;;;;/q;;2*-1;;;;2*-1;;;;;;;;;. The van der Waals surface area contributed by atoms with Crippen LogP contribution in [-0.2, 0) is 131 Å². The second kappa shape index (κ2) is 70.4. The first-order valence-electron chi connectivity index (χ1n) is 25.7. The third-order valence-electron chi connectivity index (χ3n) is 13.5. The van der Waals surface area contributed by atoms with Gasteiger partial charge in [-0.2, -0.15) is 0 Å². The number of aliphatic hydroxyl groups excluding tert-OH is 9. The first kappa shape index (κ1) is 114. The molecule has 0 spiro atoms. The van der Waals surface area contributed by atoms with Gasteiger partial charge in [-0.25, -0.2) is 0 Å². The Hall–Kier alpha value is 3.90. The Kier molecular flexibility index (Phi) is 107. The molecule has 4 aliphatic rings. The Morgan fingerprint density at radius 1 is 0.373 bits per heavy atom. The van der Waals surface area contributed by atoms with Gasteiger partial charge in [-0.15, -0.1) is 0 Å². The molecule has 4 aliphatic carbocycles. The van der Waals surface area contributed by atoms with Crippen LogP contribution in [0, 0.1) is 51.4 Å². The van der Waals surface area contributed by atoms with Gasteiger partial charge in [0.1, 0.15) is 0 Å². The Morgan fingerprint density at radius 2 is 0.573 bits per heavy atom. The molecule has 13 N–H and O–H groups in total. The fourth-order valence-corrected chi connectivity index (χ4v) is 6.60. The zero-order chi connectivity index (χ0) is 52.6. The second-order valence-corrected chi connectivity index (χ2v) is 19.4. The van der Waals surface area contributed by atoms with Gasteiger partial charge in [-0.3, -0.25) is 0 Å². The summed E-state index contributed by atoms with van der Waals surface area (Å²) >= 11 is 0. The quantitative estimate of drug-likeness (QED) is 0.0909. The van der Waals surface area contributed by atoms with Crippen molar-refractivity contribution >= 4 is 0 Å². The van der Waals surface area contributed by atoms with Crippen LogP contribution in [0.5, 0.6) is 0 Å². The van der Waals surface area contributed by atoms with Gasteiger partial charge in [0.15, 0.2) is 0 Å². The molecule has 0 bridgehead atoms. The van der Waals surface area contributed by atoms with E-state index in [1.54, 1.807) is 0 Å². The van der Waals surface area contributed by atoms with Gasteiger partial charge < -0.3 is 94.1 Å². The smallest absolute Gasteiger partial charge is 0.0902 e. The van der Waals surface area contributed by atoms with Gasteiger partial charge in [0.05, 0.1) is 55.9 Å². The Labute approximate surface area is 568 Å². The molecule has 17 heteroatoms. The van der Waals surface area contributed by atoms with Crippen LogP contribution in [0.25, 0.3) is 0 Å². The van der Waals surface area contributed by atoms with E-state index < -0.39 is 34.6 Å². The molecule has 4 radical (unpaired) electrons. The van der Waals surface area contributed by atoms with E-state index >= 15 is 0 Å². The van der Waals surface area contributed by atoms with Crippen molar-refractivity contribution < 1.29 is 197 Å². The number of hydrogen-bond acceptors (Lipinski definition) is 13. The summed E-state index contributed by atoms with van der Waals surface area (Å²) in [6.45, 7) is 33.3. The van der Waals surface area contributed by atoms with E-state index in [2.05, 4.69) is 41.5 Å². The van der Waals surface area contributed by atoms with Crippen molar-refractivity contribution in [3.63, 3.8) is 0 Å². The molecule has 4 rings (SSSR count). The van der Waals surface area contributed by atoms with Crippen LogP contribution in [0.2, 0.25) is 0 Å². The molecule has 12 atom stereocenters. The second-order valence-electron chi connectivity index (χ2n) is 19.4. The molecule has 0 aromatic carbocycles. The maximum Gasteiger partial charge on any atom is 0.0902 e. The minimum Gasteiger partial charge on any atom is -0.425 e. The molecule has 13 nitrogen and oxygen atoms in total. The number of rotatable bonds is 10. The van der Waals surface area contributed by atoms with Crippen molar-refractivity contribution in [3.05, 3.63) is 27.7 Å². The van der Waals surface area contributed by atoms with Gasteiger partial charge in [-0.1, -0.05) is 220 Å². The van der Waals surface area contributed by atoms with E-state index in [0.29, 0.717) is 24.7 Å². The molecule has 0 aromatic rings. The van der Waals surface area contributed by atoms with Crippen molar-refractivity contribution in [3.8, 4) is 0 Å². The molecule has 12 unspecified atom stereocenters. The van der Waals surface area contributed by atoms with Gasteiger partial charge in [0.25, 0.3) is 0 Å². The SMILES string of the molecule is C.C.C.C.C.CC1CCCCC1(O)CO.CC1CCCCC1(O)CO.CCC(O)CC.CCC(O)CO.CCC(O)CO.[CH2-]C(O)CC.[CH2-]C(O)CC.[CH2-]C1(O)CCCCC1C.[CH2-]C1(O)CCCCC1C.[Y].[Y].[Y].[Y]. The summed E-state index contributed by atoms with van der Waals surface area (Å²) in [4.78, 5) is 0. The van der Waals surface area contributed by atoms with E-state index in [-0.39, 0.29) is 225 Å². The van der Waals surface area contributed by atoms with Crippen LogP contribution in [0.1, 0.15) is 248 Å². The maximum atomic E-state index is 9.70. The molecule has 0 heterocycles. The average Bonchev–Trinajstić information content (AvgIpc) is 3.31. The first-order valence-corrected chi connectivity index (χ1v) is 25.7. The summed E-state index contributed by atoms with van der Waals surface area (Å²) in [5.41, 5.74) is -2.76. The van der Waals surface area contributed by atoms with Gasteiger partial charge >= 0.3 is 0 Å². The van der Waals surface area contributed by atoms with Gasteiger partial charge in [-0.05, 0) is 75.0 Å². The Balaban J connectivity index is -0.0000000464. The fourth-order valence-electron chi connectivity index (χ4n) is 6.60. The Morgan fingerprint density at radius 3 is 0.653 bits per heavy atom. The monoisotopic (exact) mass is 1390 g/mol. The number of hydrogen-bond donors (Lipinski definition) is 13. The minimum atomic E-state index is -0.766. The normalized spacial score (nSPS) is 27.0. The van der Waals surface area contributed by atoms with Crippen LogP contribution < -0.4 is 0 Å². The van der Waals surface area contributed by atoms with E-state index in [1.807, 2.05) is 55.4 Å². The summed E-state index contributed by atoms with van der Waals surface area (Å²) in [7, 11) is 0. The fraction of sp³-hybridized carbons (Fsp3) is 0.931. The summed E-state index contributed by atoms with van der Waals surface area (Å²) in [5.74, 6) is 1.33. The van der Waals surface area contributed by atoms with E-state index in [9.17, 15) is 20.4 Å². The molecule has 0 aromatic heterocycles. The van der Waals surface area contributed by atoms with Crippen LogP contribution in [0.4, 0.5) is 0 Å². The third kappa shape index (κ3) is 66.9. The zero-order valence-electron chi connectivity index (χ0n) is 46.5. The molecule has 4 saturated carbocycles. The van der Waals surface area contributed by atoms with E-state index in [1.165, 1.54) is 25.7 Å². The maximum absolute atomic E-state index is 9.70. The van der Waals surface area contributed by atoms with Gasteiger partial charge in [0.2, 0.25) is 0 Å².